The lowest BCUT2D eigenvalue weighted by atomic mass is 10.0. The third kappa shape index (κ3) is 3.23. The normalized spacial score (nSPS) is 10.5. The molecule has 0 saturated heterocycles. The first-order valence-electron chi connectivity index (χ1n) is 5.71. The number of Topliss-reactive ketones (excluding diaryl/α,β-unsaturated/α-hetero) is 1. The summed E-state index contributed by atoms with van der Waals surface area (Å²) in [6.45, 7) is 1.91. The molecule has 0 amide bonds. The van der Waals surface area contributed by atoms with Gasteiger partial charge in [0, 0.05) is 16.5 Å². The minimum atomic E-state index is -0.527. The Labute approximate surface area is 124 Å². The summed E-state index contributed by atoms with van der Waals surface area (Å²) in [7, 11) is 0. The predicted molar refractivity (Wildman–Crippen MR) is 78.3 cm³/mol. The molecule has 2 aromatic carbocycles. The number of carbonyl (C=O) groups excluding carboxylic acids is 1. The molecule has 0 saturated carbocycles. The molecule has 0 heterocycles. The van der Waals surface area contributed by atoms with Crippen LogP contribution in [0.2, 0.25) is 5.02 Å². The first kappa shape index (κ1) is 14.2. The summed E-state index contributed by atoms with van der Waals surface area (Å²) < 4.78 is 14.5. The molecule has 1 nitrogen and oxygen atoms in total. The summed E-state index contributed by atoms with van der Waals surface area (Å²) in [6.07, 6.45) is -0.00551. The van der Waals surface area contributed by atoms with E-state index < -0.39 is 5.82 Å². The number of hydrogen-bond donors (Lipinski definition) is 0. The molecule has 4 heteroatoms. The average molecular weight is 342 g/mol. The standard InChI is InChI=1S/C15H11BrClFO/c1-9-5-6-12(16)11(7-9)14(19)8-10-3-2-4-13(17)15(10)18/h2-7H,8H2,1H3. The monoisotopic (exact) mass is 340 g/mol. The van der Waals surface area contributed by atoms with Gasteiger partial charge in [0.25, 0.3) is 0 Å². The molecule has 0 aliphatic heterocycles. The van der Waals surface area contributed by atoms with Gasteiger partial charge in [-0.1, -0.05) is 51.3 Å². The minimum absolute atomic E-state index is 0.00551. The third-order valence-corrected chi connectivity index (χ3v) is 3.79. The Hall–Kier alpha value is -1.19. The van der Waals surface area contributed by atoms with Crippen molar-refractivity contribution >= 4 is 33.3 Å². The Balaban J connectivity index is 2.31. The molecular weight excluding hydrogens is 331 g/mol. The Morgan fingerprint density at radius 1 is 1.32 bits per heavy atom. The van der Waals surface area contributed by atoms with Crippen molar-refractivity contribution in [3.8, 4) is 0 Å². The topological polar surface area (TPSA) is 17.1 Å². The van der Waals surface area contributed by atoms with E-state index in [2.05, 4.69) is 15.9 Å². The summed E-state index contributed by atoms with van der Waals surface area (Å²) in [5, 5.41) is 0.0357. The second-order valence-electron chi connectivity index (χ2n) is 4.30. The van der Waals surface area contributed by atoms with Gasteiger partial charge >= 0.3 is 0 Å². The van der Waals surface area contributed by atoms with Crippen molar-refractivity contribution in [3.05, 3.63) is 68.4 Å². The highest BCUT2D eigenvalue weighted by molar-refractivity contribution is 9.10. The molecule has 0 aromatic heterocycles. The van der Waals surface area contributed by atoms with Gasteiger partial charge in [0.2, 0.25) is 0 Å². The van der Waals surface area contributed by atoms with Gasteiger partial charge in [-0.25, -0.2) is 4.39 Å². The van der Waals surface area contributed by atoms with Crippen LogP contribution in [0.15, 0.2) is 40.9 Å². The second kappa shape index (κ2) is 5.85. The summed E-state index contributed by atoms with van der Waals surface area (Å²) in [4.78, 5) is 12.2. The lowest BCUT2D eigenvalue weighted by Crippen LogP contribution is -2.06. The van der Waals surface area contributed by atoms with Crippen LogP contribution in [0.1, 0.15) is 21.5 Å². The molecule has 19 heavy (non-hydrogen) atoms. The number of halogens is 3. The lowest BCUT2D eigenvalue weighted by Gasteiger charge is -2.07. The van der Waals surface area contributed by atoms with Gasteiger partial charge in [-0.05, 0) is 30.7 Å². The zero-order valence-electron chi connectivity index (χ0n) is 10.2. The van der Waals surface area contributed by atoms with Gasteiger partial charge in [-0.15, -0.1) is 0 Å². The van der Waals surface area contributed by atoms with Gasteiger partial charge in [0.05, 0.1) is 5.02 Å². The zero-order chi connectivity index (χ0) is 14.0. The summed E-state index contributed by atoms with van der Waals surface area (Å²) in [5.74, 6) is -0.668. The lowest BCUT2D eigenvalue weighted by molar-refractivity contribution is 0.0991. The van der Waals surface area contributed by atoms with Gasteiger partial charge < -0.3 is 0 Å². The second-order valence-corrected chi connectivity index (χ2v) is 5.56. The molecule has 0 spiro atoms. The van der Waals surface area contributed by atoms with Crippen LogP contribution in [-0.2, 0) is 6.42 Å². The number of aryl methyl sites for hydroxylation is 1. The highest BCUT2D eigenvalue weighted by Gasteiger charge is 2.14. The molecule has 2 aromatic rings. The zero-order valence-corrected chi connectivity index (χ0v) is 12.6. The van der Waals surface area contributed by atoms with Gasteiger partial charge in [0.15, 0.2) is 5.78 Å². The van der Waals surface area contributed by atoms with E-state index in [0.717, 1.165) is 5.56 Å². The van der Waals surface area contributed by atoms with E-state index in [1.54, 1.807) is 18.2 Å². The van der Waals surface area contributed by atoms with Crippen LogP contribution in [0, 0.1) is 12.7 Å². The summed E-state index contributed by atoms with van der Waals surface area (Å²) >= 11 is 9.04. The van der Waals surface area contributed by atoms with Crippen LogP contribution in [0.3, 0.4) is 0 Å². The summed E-state index contributed by atoms with van der Waals surface area (Å²) in [5.41, 5.74) is 1.85. The largest absolute Gasteiger partial charge is 0.294 e. The molecule has 0 aliphatic carbocycles. The number of hydrogen-bond acceptors (Lipinski definition) is 1. The van der Waals surface area contributed by atoms with Crippen molar-refractivity contribution in [3.63, 3.8) is 0 Å². The fourth-order valence-electron chi connectivity index (χ4n) is 1.81. The molecule has 0 atom stereocenters. The van der Waals surface area contributed by atoms with Gasteiger partial charge in [-0.2, -0.15) is 0 Å². The Morgan fingerprint density at radius 3 is 2.79 bits per heavy atom. The molecular formula is C15H11BrClFO. The molecule has 98 valence electrons. The van der Waals surface area contributed by atoms with Crippen molar-refractivity contribution in [2.24, 2.45) is 0 Å². The van der Waals surface area contributed by atoms with E-state index in [-0.39, 0.29) is 17.2 Å². The van der Waals surface area contributed by atoms with Gasteiger partial charge in [-0.3, -0.25) is 4.79 Å². The Bertz CT molecular complexity index is 640. The van der Waals surface area contributed by atoms with E-state index in [0.29, 0.717) is 15.6 Å². The molecule has 0 fully saturated rings. The van der Waals surface area contributed by atoms with E-state index in [1.165, 1.54) is 6.07 Å². The minimum Gasteiger partial charge on any atom is -0.294 e. The van der Waals surface area contributed by atoms with Crippen LogP contribution in [0.25, 0.3) is 0 Å². The first-order chi connectivity index (χ1) is 8.99. The molecule has 0 aliphatic rings. The molecule has 0 bridgehead atoms. The molecule has 0 radical (unpaired) electrons. The molecule has 2 rings (SSSR count). The number of carbonyl (C=O) groups is 1. The fourth-order valence-corrected chi connectivity index (χ4v) is 2.47. The van der Waals surface area contributed by atoms with Crippen molar-refractivity contribution in [2.75, 3.05) is 0 Å². The number of rotatable bonds is 3. The molecule has 0 unspecified atom stereocenters. The van der Waals surface area contributed by atoms with Crippen LogP contribution >= 0.6 is 27.5 Å². The van der Waals surface area contributed by atoms with E-state index in [9.17, 15) is 9.18 Å². The Kier molecular flexibility index (Phi) is 4.38. The van der Waals surface area contributed by atoms with Crippen LogP contribution in [0.5, 0.6) is 0 Å². The Morgan fingerprint density at radius 2 is 2.05 bits per heavy atom. The maximum atomic E-state index is 13.8. The predicted octanol–water partition coefficient (Wildman–Crippen LogP) is 4.98. The van der Waals surface area contributed by atoms with Crippen molar-refractivity contribution < 1.29 is 9.18 Å². The van der Waals surface area contributed by atoms with Crippen LogP contribution in [-0.4, -0.2) is 5.78 Å². The van der Waals surface area contributed by atoms with E-state index in [1.807, 2.05) is 19.1 Å². The van der Waals surface area contributed by atoms with Crippen molar-refractivity contribution in [1.82, 2.24) is 0 Å². The quantitative estimate of drug-likeness (QED) is 0.720. The maximum Gasteiger partial charge on any atom is 0.168 e. The van der Waals surface area contributed by atoms with Crippen LogP contribution in [0.4, 0.5) is 4.39 Å². The van der Waals surface area contributed by atoms with E-state index >= 15 is 0 Å². The van der Waals surface area contributed by atoms with Crippen molar-refractivity contribution in [2.45, 2.75) is 13.3 Å². The SMILES string of the molecule is Cc1ccc(Br)c(C(=O)Cc2cccc(Cl)c2F)c1. The third-order valence-electron chi connectivity index (χ3n) is 2.80. The van der Waals surface area contributed by atoms with Crippen molar-refractivity contribution in [1.29, 1.82) is 0 Å². The first-order valence-corrected chi connectivity index (χ1v) is 6.88. The smallest absolute Gasteiger partial charge is 0.168 e. The number of benzene rings is 2. The highest BCUT2D eigenvalue weighted by atomic mass is 79.9. The van der Waals surface area contributed by atoms with Crippen LogP contribution < -0.4 is 0 Å². The number of ketones is 1. The highest BCUT2D eigenvalue weighted by Crippen LogP contribution is 2.23. The molecule has 0 N–H and O–H groups in total. The summed E-state index contributed by atoms with van der Waals surface area (Å²) in [6, 6.07) is 10.2. The van der Waals surface area contributed by atoms with Gasteiger partial charge in [0.1, 0.15) is 5.82 Å². The van der Waals surface area contributed by atoms with E-state index in [4.69, 9.17) is 11.6 Å². The fraction of sp³-hybridized carbons (Fsp3) is 0.133. The maximum absolute atomic E-state index is 13.8. The average Bonchev–Trinajstić information content (AvgIpc) is 2.38.